The van der Waals surface area contributed by atoms with Gasteiger partial charge in [-0.1, -0.05) is 25.5 Å². The molecule has 0 fully saturated rings. The molecule has 0 aliphatic carbocycles. The maximum atomic E-state index is 8.91. The van der Waals surface area contributed by atoms with E-state index in [1.165, 1.54) is 5.70 Å². The molecule has 0 radical (unpaired) electrons. The van der Waals surface area contributed by atoms with Gasteiger partial charge in [-0.25, -0.2) is 9.97 Å². The molecule has 1 atom stereocenters. The van der Waals surface area contributed by atoms with Crippen LogP contribution in [0.5, 0.6) is 0 Å². The van der Waals surface area contributed by atoms with Gasteiger partial charge in [-0.3, -0.25) is 0 Å². The largest absolute Gasteiger partial charge is 0.344 e. The molecular weight excluding hydrogens is 248 g/mol. The van der Waals surface area contributed by atoms with Gasteiger partial charge in [-0.15, -0.1) is 0 Å². The molecule has 1 aromatic rings. The Balaban J connectivity index is 2.32. The van der Waals surface area contributed by atoms with Crippen LogP contribution in [0.25, 0.3) is 5.57 Å². The van der Waals surface area contributed by atoms with E-state index in [4.69, 9.17) is 5.26 Å². The van der Waals surface area contributed by atoms with E-state index in [1.807, 2.05) is 19.9 Å². The second kappa shape index (κ2) is 6.33. The van der Waals surface area contributed by atoms with Crippen LogP contribution in [0.2, 0.25) is 0 Å². The van der Waals surface area contributed by atoms with Gasteiger partial charge >= 0.3 is 0 Å². The molecule has 0 bridgehead atoms. The monoisotopic (exact) mass is 268 g/mol. The second-order valence-electron chi connectivity index (χ2n) is 5.13. The molecular formula is C16H20N4. The average molecular weight is 268 g/mol. The number of hydrogen-bond acceptors (Lipinski definition) is 4. The highest BCUT2D eigenvalue weighted by Crippen LogP contribution is 2.28. The topological polar surface area (TPSA) is 61.6 Å². The first kappa shape index (κ1) is 14.3. The summed E-state index contributed by atoms with van der Waals surface area (Å²) in [7, 11) is 0. The van der Waals surface area contributed by atoms with Gasteiger partial charge in [0, 0.05) is 11.3 Å². The van der Waals surface area contributed by atoms with Crippen LogP contribution in [0.1, 0.15) is 44.9 Å². The van der Waals surface area contributed by atoms with E-state index in [1.54, 1.807) is 6.33 Å². The summed E-state index contributed by atoms with van der Waals surface area (Å²) in [4.78, 5) is 8.73. The number of rotatable bonds is 4. The van der Waals surface area contributed by atoms with Crippen molar-refractivity contribution in [1.29, 1.82) is 5.26 Å². The zero-order valence-electron chi connectivity index (χ0n) is 12.3. The Morgan fingerprint density at radius 2 is 2.35 bits per heavy atom. The van der Waals surface area contributed by atoms with Crippen LogP contribution in [0.3, 0.4) is 0 Å². The molecule has 0 saturated heterocycles. The van der Waals surface area contributed by atoms with Gasteiger partial charge in [-0.05, 0) is 32.3 Å². The minimum atomic E-state index is -0.108. The molecule has 2 heterocycles. The Kier molecular flexibility index (Phi) is 4.52. The maximum Gasteiger partial charge on any atom is 0.137 e. The average Bonchev–Trinajstić information content (AvgIpc) is 2.46. The van der Waals surface area contributed by atoms with Crippen LogP contribution in [-0.4, -0.2) is 9.97 Å². The van der Waals surface area contributed by atoms with E-state index in [9.17, 15) is 0 Å². The van der Waals surface area contributed by atoms with Gasteiger partial charge in [0.05, 0.1) is 17.7 Å². The number of nitrogens with one attached hydrogen (secondary N) is 1. The molecule has 1 aromatic heterocycles. The SMILES string of the molecule is CCCC1=CCc2c(ncnc2/C(C)=C/C(C)C#N)N1. The highest BCUT2D eigenvalue weighted by atomic mass is 15.0. The van der Waals surface area contributed by atoms with Crippen LogP contribution in [0, 0.1) is 17.2 Å². The standard InChI is InChI=1S/C16H20N4/c1-4-5-13-6-7-14-15(12(3)8-11(2)9-17)18-10-19-16(14)20-13/h6,8,10-11H,4-5,7H2,1-3H3,(H,18,19,20)/b12-8+. The van der Waals surface area contributed by atoms with Crippen LogP contribution >= 0.6 is 0 Å². The summed E-state index contributed by atoms with van der Waals surface area (Å²) < 4.78 is 0. The number of hydrogen-bond donors (Lipinski definition) is 1. The Bertz CT molecular complexity index is 593. The fourth-order valence-electron chi connectivity index (χ4n) is 2.41. The summed E-state index contributed by atoms with van der Waals surface area (Å²) in [5, 5.41) is 12.3. The lowest BCUT2D eigenvalue weighted by atomic mass is 9.99. The molecule has 1 unspecified atom stereocenters. The van der Waals surface area contributed by atoms with E-state index in [-0.39, 0.29) is 5.92 Å². The Morgan fingerprint density at radius 3 is 3.05 bits per heavy atom. The maximum absolute atomic E-state index is 8.91. The fourth-order valence-corrected chi connectivity index (χ4v) is 2.41. The molecule has 1 aliphatic heterocycles. The molecule has 20 heavy (non-hydrogen) atoms. The van der Waals surface area contributed by atoms with Crippen LogP contribution in [0.15, 0.2) is 24.2 Å². The molecule has 1 aliphatic rings. The zero-order valence-corrected chi connectivity index (χ0v) is 12.3. The van der Waals surface area contributed by atoms with Crippen molar-refractivity contribution in [2.75, 3.05) is 5.32 Å². The van der Waals surface area contributed by atoms with Gasteiger partial charge in [0.1, 0.15) is 12.1 Å². The van der Waals surface area contributed by atoms with Crippen molar-refractivity contribution in [2.24, 2.45) is 5.92 Å². The first-order valence-electron chi connectivity index (χ1n) is 7.04. The van der Waals surface area contributed by atoms with Gasteiger partial charge in [-0.2, -0.15) is 5.26 Å². The molecule has 1 N–H and O–H groups in total. The minimum absolute atomic E-state index is 0.108. The lowest BCUT2D eigenvalue weighted by Gasteiger charge is -2.20. The summed E-state index contributed by atoms with van der Waals surface area (Å²) in [6, 6.07) is 2.22. The predicted molar refractivity (Wildman–Crippen MR) is 80.8 cm³/mol. The van der Waals surface area contributed by atoms with Crippen molar-refractivity contribution in [1.82, 2.24) is 9.97 Å². The highest BCUT2D eigenvalue weighted by Gasteiger charge is 2.16. The third kappa shape index (κ3) is 3.05. The van der Waals surface area contributed by atoms with Crippen molar-refractivity contribution in [3.63, 3.8) is 0 Å². The van der Waals surface area contributed by atoms with Crippen molar-refractivity contribution < 1.29 is 0 Å². The Hall–Kier alpha value is -2.15. The van der Waals surface area contributed by atoms with Crippen LogP contribution in [-0.2, 0) is 6.42 Å². The van der Waals surface area contributed by atoms with Crippen molar-refractivity contribution in [2.45, 2.75) is 40.0 Å². The molecule has 104 valence electrons. The number of nitriles is 1. The summed E-state index contributed by atoms with van der Waals surface area (Å²) in [5.41, 5.74) is 4.33. The van der Waals surface area contributed by atoms with Crippen LogP contribution in [0.4, 0.5) is 5.82 Å². The number of fused-ring (bicyclic) bond motifs is 1. The smallest absolute Gasteiger partial charge is 0.137 e. The molecule has 0 spiro atoms. The summed E-state index contributed by atoms with van der Waals surface area (Å²) in [5.74, 6) is 0.793. The number of nitrogens with zero attached hydrogens (tertiary/aromatic N) is 3. The predicted octanol–water partition coefficient (Wildman–Crippen LogP) is 3.69. The van der Waals surface area contributed by atoms with Gasteiger partial charge in [0.25, 0.3) is 0 Å². The van der Waals surface area contributed by atoms with Crippen molar-refractivity contribution in [3.8, 4) is 6.07 Å². The van der Waals surface area contributed by atoms with E-state index in [0.717, 1.165) is 41.9 Å². The first-order chi connectivity index (χ1) is 9.65. The fraction of sp³-hybridized carbons (Fsp3) is 0.438. The van der Waals surface area contributed by atoms with E-state index in [2.05, 4.69) is 34.4 Å². The van der Waals surface area contributed by atoms with Crippen LogP contribution < -0.4 is 5.32 Å². The zero-order chi connectivity index (χ0) is 14.5. The molecule has 4 heteroatoms. The number of aromatic nitrogens is 2. The number of anilines is 1. The lowest BCUT2D eigenvalue weighted by molar-refractivity contribution is 0.883. The summed E-state index contributed by atoms with van der Waals surface area (Å²) in [6.07, 6.45) is 8.75. The normalized spacial score (nSPS) is 15.7. The van der Waals surface area contributed by atoms with E-state index in [0.29, 0.717) is 0 Å². The van der Waals surface area contributed by atoms with E-state index >= 15 is 0 Å². The molecule has 0 saturated carbocycles. The van der Waals surface area contributed by atoms with Gasteiger partial charge in [0.2, 0.25) is 0 Å². The first-order valence-corrected chi connectivity index (χ1v) is 7.04. The van der Waals surface area contributed by atoms with Gasteiger partial charge < -0.3 is 5.32 Å². The van der Waals surface area contributed by atoms with Gasteiger partial charge in [0.15, 0.2) is 0 Å². The summed E-state index contributed by atoms with van der Waals surface area (Å²) in [6.45, 7) is 6.05. The van der Waals surface area contributed by atoms with Crippen molar-refractivity contribution in [3.05, 3.63) is 35.4 Å². The Morgan fingerprint density at radius 1 is 1.55 bits per heavy atom. The third-order valence-electron chi connectivity index (χ3n) is 3.37. The van der Waals surface area contributed by atoms with Crippen molar-refractivity contribution >= 4 is 11.4 Å². The lowest BCUT2D eigenvalue weighted by Crippen LogP contribution is -2.12. The Labute approximate surface area is 120 Å². The quantitative estimate of drug-likeness (QED) is 0.904. The molecule has 0 aromatic carbocycles. The third-order valence-corrected chi connectivity index (χ3v) is 3.37. The number of allylic oxidation sites excluding steroid dienone is 4. The minimum Gasteiger partial charge on any atom is -0.344 e. The molecule has 2 rings (SSSR count). The molecule has 4 nitrogen and oxygen atoms in total. The van der Waals surface area contributed by atoms with E-state index < -0.39 is 0 Å². The second-order valence-corrected chi connectivity index (χ2v) is 5.13. The highest BCUT2D eigenvalue weighted by molar-refractivity contribution is 5.69. The molecule has 0 amide bonds. The summed E-state index contributed by atoms with van der Waals surface area (Å²) >= 11 is 0.